The van der Waals surface area contributed by atoms with Crippen molar-refractivity contribution in [2.45, 2.75) is 13.0 Å². The second-order valence-corrected chi connectivity index (χ2v) is 4.72. The molecule has 96 valence electrons. The summed E-state index contributed by atoms with van der Waals surface area (Å²) in [4.78, 5) is 0. The Bertz CT molecular complexity index is 668. The first-order chi connectivity index (χ1) is 9.36. The molecule has 3 rings (SSSR count). The Morgan fingerprint density at radius 1 is 0.947 bits per heavy atom. The molecular formula is C16H17N3. The van der Waals surface area contributed by atoms with Gasteiger partial charge in [-0.1, -0.05) is 42.5 Å². The van der Waals surface area contributed by atoms with Crippen LogP contribution in [0, 0.1) is 0 Å². The van der Waals surface area contributed by atoms with E-state index in [1.807, 2.05) is 23.0 Å². The minimum absolute atomic E-state index is 0.698. The Morgan fingerprint density at radius 2 is 1.68 bits per heavy atom. The average Bonchev–Trinajstić information content (AvgIpc) is 2.85. The number of hydrogen-bond acceptors (Lipinski definition) is 2. The standard InChI is InChI=1S/C16H17N3/c17-10-9-13-5-7-14(8-6-13)12-19-16-4-2-1-3-15(16)11-18-19/h1-8,11H,9-10,12,17H2. The number of aromatic nitrogens is 2. The van der Waals surface area contributed by atoms with Crippen LogP contribution in [0.5, 0.6) is 0 Å². The van der Waals surface area contributed by atoms with Gasteiger partial charge in [0.25, 0.3) is 0 Å². The Kier molecular flexibility index (Phi) is 3.29. The first-order valence-corrected chi connectivity index (χ1v) is 6.55. The second-order valence-electron chi connectivity index (χ2n) is 4.72. The van der Waals surface area contributed by atoms with Crippen LogP contribution in [0.15, 0.2) is 54.7 Å². The molecule has 3 nitrogen and oxygen atoms in total. The summed E-state index contributed by atoms with van der Waals surface area (Å²) in [5.74, 6) is 0. The zero-order chi connectivity index (χ0) is 13.1. The molecule has 0 radical (unpaired) electrons. The monoisotopic (exact) mass is 251 g/mol. The average molecular weight is 251 g/mol. The third kappa shape index (κ3) is 2.51. The number of fused-ring (bicyclic) bond motifs is 1. The van der Waals surface area contributed by atoms with Crippen LogP contribution in [0.3, 0.4) is 0 Å². The maximum Gasteiger partial charge on any atom is 0.0686 e. The first kappa shape index (κ1) is 11.9. The quantitative estimate of drug-likeness (QED) is 0.774. The first-order valence-electron chi connectivity index (χ1n) is 6.55. The van der Waals surface area contributed by atoms with Crippen molar-refractivity contribution in [3.63, 3.8) is 0 Å². The Morgan fingerprint density at radius 3 is 2.47 bits per heavy atom. The van der Waals surface area contributed by atoms with Crippen LogP contribution in [0.25, 0.3) is 10.9 Å². The van der Waals surface area contributed by atoms with E-state index in [0.717, 1.165) is 13.0 Å². The summed E-state index contributed by atoms with van der Waals surface area (Å²) in [6, 6.07) is 16.9. The van der Waals surface area contributed by atoms with Gasteiger partial charge in [0.1, 0.15) is 0 Å². The van der Waals surface area contributed by atoms with E-state index in [-0.39, 0.29) is 0 Å². The van der Waals surface area contributed by atoms with Gasteiger partial charge in [0.15, 0.2) is 0 Å². The minimum atomic E-state index is 0.698. The van der Waals surface area contributed by atoms with Crippen molar-refractivity contribution in [1.82, 2.24) is 9.78 Å². The van der Waals surface area contributed by atoms with E-state index in [0.29, 0.717) is 6.54 Å². The summed E-state index contributed by atoms with van der Waals surface area (Å²) in [5.41, 5.74) is 9.28. The van der Waals surface area contributed by atoms with Crippen molar-refractivity contribution in [3.05, 3.63) is 65.9 Å². The fourth-order valence-corrected chi connectivity index (χ4v) is 2.30. The van der Waals surface area contributed by atoms with Gasteiger partial charge in [0, 0.05) is 5.39 Å². The van der Waals surface area contributed by atoms with Crippen molar-refractivity contribution in [1.29, 1.82) is 0 Å². The van der Waals surface area contributed by atoms with E-state index >= 15 is 0 Å². The highest BCUT2D eigenvalue weighted by Crippen LogP contribution is 2.14. The number of benzene rings is 2. The molecule has 2 N–H and O–H groups in total. The zero-order valence-corrected chi connectivity index (χ0v) is 10.8. The van der Waals surface area contributed by atoms with Crippen LogP contribution in [0.2, 0.25) is 0 Å². The molecule has 0 atom stereocenters. The molecule has 0 amide bonds. The number of nitrogens with zero attached hydrogens (tertiary/aromatic N) is 2. The van der Waals surface area contributed by atoms with Crippen LogP contribution in [-0.2, 0) is 13.0 Å². The topological polar surface area (TPSA) is 43.8 Å². The smallest absolute Gasteiger partial charge is 0.0686 e. The number of para-hydroxylation sites is 1. The van der Waals surface area contributed by atoms with Gasteiger partial charge in [0.05, 0.1) is 18.3 Å². The van der Waals surface area contributed by atoms with Gasteiger partial charge in [-0.15, -0.1) is 0 Å². The summed E-state index contributed by atoms with van der Waals surface area (Å²) in [7, 11) is 0. The normalized spacial score (nSPS) is 11.0. The molecule has 0 saturated heterocycles. The van der Waals surface area contributed by atoms with E-state index in [2.05, 4.69) is 41.5 Å². The highest BCUT2D eigenvalue weighted by atomic mass is 15.3. The third-order valence-electron chi connectivity index (χ3n) is 3.34. The lowest BCUT2D eigenvalue weighted by Gasteiger charge is -2.05. The SMILES string of the molecule is NCCc1ccc(Cn2ncc3ccccc32)cc1. The van der Waals surface area contributed by atoms with Crippen molar-refractivity contribution in [2.75, 3.05) is 6.54 Å². The lowest BCUT2D eigenvalue weighted by Crippen LogP contribution is -2.04. The van der Waals surface area contributed by atoms with E-state index in [1.165, 1.54) is 22.0 Å². The summed E-state index contributed by atoms with van der Waals surface area (Å²) in [6.45, 7) is 1.50. The summed E-state index contributed by atoms with van der Waals surface area (Å²) in [6.07, 6.45) is 2.85. The maximum absolute atomic E-state index is 5.56. The molecule has 19 heavy (non-hydrogen) atoms. The number of hydrogen-bond donors (Lipinski definition) is 1. The molecule has 3 heteroatoms. The second kappa shape index (κ2) is 5.24. The summed E-state index contributed by atoms with van der Waals surface area (Å²) >= 11 is 0. The van der Waals surface area contributed by atoms with Crippen LogP contribution in [0.1, 0.15) is 11.1 Å². The molecule has 1 aromatic heterocycles. The molecule has 0 aliphatic heterocycles. The van der Waals surface area contributed by atoms with Crippen molar-refractivity contribution < 1.29 is 0 Å². The predicted octanol–water partition coefficient (Wildman–Crippen LogP) is 2.59. The fraction of sp³-hybridized carbons (Fsp3) is 0.188. The highest BCUT2D eigenvalue weighted by Gasteiger charge is 2.02. The summed E-state index contributed by atoms with van der Waals surface area (Å²) in [5, 5.41) is 5.63. The molecule has 0 saturated carbocycles. The van der Waals surface area contributed by atoms with Gasteiger partial charge >= 0.3 is 0 Å². The van der Waals surface area contributed by atoms with Gasteiger partial charge in [-0.3, -0.25) is 4.68 Å². The lowest BCUT2D eigenvalue weighted by molar-refractivity contribution is 0.712. The van der Waals surface area contributed by atoms with E-state index in [4.69, 9.17) is 5.73 Å². The van der Waals surface area contributed by atoms with Gasteiger partial charge in [-0.2, -0.15) is 5.10 Å². The molecule has 0 fully saturated rings. The molecule has 0 unspecified atom stereocenters. The summed E-state index contributed by atoms with van der Waals surface area (Å²) < 4.78 is 2.03. The molecular weight excluding hydrogens is 234 g/mol. The van der Waals surface area contributed by atoms with E-state index in [9.17, 15) is 0 Å². The Balaban J connectivity index is 1.84. The van der Waals surface area contributed by atoms with Gasteiger partial charge < -0.3 is 5.73 Å². The van der Waals surface area contributed by atoms with Gasteiger partial charge in [0.2, 0.25) is 0 Å². The largest absolute Gasteiger partial charge is 0.330 e. The number of nitrogens with two attached hydrogens (primary N) is 1. The maximum atomic E-state index is 5.56. The molecule has 0 aliphatic carbocycles. The lowest BCUT2D eigenvalue weighted by atomic mass is 10.1. The number of rotatable bonds is 4. The molecule has 0 bridgehead atoms. The van der Waals surface area contributed by atoms with Crippen LogP contribution >= 0.6 is 0 Å². The molecule has 0 spiro atoms. The van der Waals surface area contributed by atoms with E-state index < -0.39 is 0 Å². The van der Waals surface area contributed by atoms with Crippen LogP contribution in [0.4, 0.5) is 0 Å². The minimum Gasteiger partial charge on any atom is -0.330 e. The highest BCUT2D eigenvalue weighted by molar-refractivity contribution is 5.78. The van der Waals surface area contributed by atoms with Gasteiger partial charge in [-0.25, -0.2) is 0 Å². The molecule has 3 aromatic rings. The molecule has 1 heterocycles. The van der Waals surface area contributed by atoms with E-state index in [1.54, 1.807) is 0 Å². The Labute approximate surface area is 112 Å². The van der Waals surface area contributed by atoms with Crippen LogP contribution < -0.4 is 5.73 Å². The van der Waals surface area contributed by atoms with Crippen LogP contribution in [-0.4, -0.2) is 16.3 Å². The van der Waals surface area contributed by atoms with Gasteiger partial charge in [-0.05, 0) is 30.2 Å². The zero-order valence-electron chi connectivity index (χ0n) is 10.8. The van der Waals surface area contributed by atoms with Crippen molar-refractivity contribution >= 4 is 10.9 Å². The van der Waals surface area contributed by atoms with Crippen molar-refractivity contribution in [3.8, 4) is 0 Å². The molecule has 0 aliphatic rings. The third-order valence-corrected chi connectivity index (χ3v) is 3.34. The Hall–Kier alpha value is -2.13. The van der Waals surface area contributed by atoms with Crippen molar-refractivity contribution in [2.24, 2.45) is 5.73 Å². The fourth-order valence-electron chi connectivity index (χ4n) is 2.30. The predicted molar refractivity (Wildman–Crippen MR) is 78.0 cm³/mol. The molecule has 2 aromatic carbocycles.